The normalized spacial score (nSPS) is 25.7. The van der Waals surface area contributed by atoms with Crippen molar-refractivity contribution in [3.63, 3.8) is 0 Å². The first-order valence-electron chi connectivity index (χ1n) is 9.62. The topological polar surface area (TPSA) is 88.5 Å². The van der Waals surface area contributed by atoms with Crippen LogP contribution in [0.5, 0.6) is 0 Å². The molecule has 1 saturated carbocycles. The SMILES string of the molecule is CC(C)=CC[C@@H]1C(=O)C(C(=O)CCC(C)C)C(=O)C1(O)C(=O)/C=C/C(C)C. The maximum Gasteiger partial charge on any atom is 0.196 e. The van der Waals surface area contributed by atoms with Gasteiger partial charge in [0.05, 0.1) is 5.92 Å². The number of aliphatic hydroxyl groups is 1. The van der Waals surface area contributed by atoms with Crippen molar-refractivity contribution in [2.75, 3.05) is 0 Å². The number of carbonyl (C=O) groups excluding carboxylic acids is 4. The molecule has 5 heteroatoms. The van der Waals surface area contributed by atoms with Crippen molar-refractivity contribution in [1.82, 2.24) is 0 Å². The Morgan fingerprint density at radius 2 is 1.74 bits per heavy atom. The van der Waals surface area contributed by atoms with Gasteiger partial charge in [0.25, 0.3) is 0 Å². The number of Topliss-reactive ketones (excluding diaryl/α,β-unsaturated/α-hetero) is 3. The van der Waals surface area contributed by atoms with Crippen molar-refractivity contribution >= 4 is 23.1 Å². The van der Waals surface area contributed by atoms with Gasteiger partial charge in [-0.2, -0.15) is 0 Å². The van der Waals surface area contributed by atoms with E-state index in [1.165, 1.54) is 0 Å². The first-order chi connectivity index (χ1) is 12.4. The summed E-state index contributed by atoms with van der Waals surface area (Å²) in [5, 5.41) is 11.0. The molecule has 0 bridgehead atoms. The molecule has 0 aromatic carbocycles. The second kappa shape index (κ2) is 9.36. The number of rotatable bonds is 9. The highest BCUT2D eigenvalue weighted by molar-refractivity contribution is 6.34. The highest BCUT2D eigenvalue weighted by Gasteiger charge is 2.63. The van der Waals surface area contributed by atoms with E-state index in [0.29, 0.717) is 6.42 Å². The molecule has 0 aromatic rings. The Bertz CT molecular complexity index is 664. The third kappa shape index (κ3) is 5.32. The smallest absolute Gasteiger partial charge is 0.196 e. The van der Waals surface area contributed by atoms with E-state index in [4.69, 9.17) is 0 Å². The van der Waals surface area contributed by atoms with Gasteiger partial charge < -0.3 is 5.11 Å². The zero-order valence-electron chi connectivity index (χ0n) is 17.2. The molecule has 1 N–H and O–H groups in total. The molecule has 0 amide bonds. The van der Waals surface area contributed by atoms with E-state index in [1.54, 1.807) is 12.2 Å². The van der Waals surface area contributed by atoms with Gasteiger partial charge in [0.2, 0.25) is 0 Å². The van der Waals surface area contributed by atoms with E-state index in [1.807, 2.05) is 41.5 Å². The summed E-state index contributed by atoms with van der Waals surface area (Å²) >= 11 is 0. The van der Waals surface area contributed by atoms with Gasteiger partial charge in [-0.05, 0) is 44.6 Å². The highest BCUT2D eigenvalue weighted by atomic mass is 16.3. The van der Waals surface area contributed by atoms with Gasteiger partial charge in [-0.1, -0.05) is 45.4 Å². The van der Waals surface area contributed by atoms with Crippen LogP contribution < -0.4 is 0 Å². The molecule has 1 rings (SSSR count). The molecular formula is C22H32O5. The third-order valence-electron chi connectivity index (χ3n) is 4.83. The van der Waals surface area contributed by atoms with Crippen LogP contribution in [0.4, 0.5) is 0 Å². The Labute approximate surface area is 161 Å². The molecule has 1 fully saturated rings. The number of ketones is 4. The lowest BCUT2D eigenvalue weighted by Gasteiger charge is -2.24. The summed E-state index contributed by atoms with van der Waals surface area (Å²) in [4.78, 5) is 51.0. The molecule has 0 aliphatic heterocycles. The van der Waals surface area contributed by atoms with Crippen molar-refractivity contribution in [2.45, 2.75) is 66.4 Å². The minimum Gasteiger partial charge on any atom is -0.374 e. The molecule has 0 saturated heterocycles. The molecule has 150 valence electrons. The fourth-order valence-electron chi connectivity index (χ4n) is 3.15. The van der Waals surface area contributed by atoms with Crippen molar-refractivity contribution < 1.29 is 24.3 Å². The standard InChI is InChI=1S/C22H32O5/c1-13(2)7-10-16-20(25)19(17(23)11-8-14(3)4)21(26)22(16,27)18(24)12-9-15(5)6/h7,9,12,14-16,19,27H,8,10-11H2,1-6H3/b12-9+/t16-,19?,22?/m1/s1. The predicted molar refractivity (Wildman–Crippen MR) is 104 cm³/mol. The Kier molecular flexibility index (Phi) is 8.03. The summed E-state index contributed by atoms with van der Waals surface area (Å²) in [6, 6.07) is 0. The highest BCUT2D eigenvalue weighted by Crippen LogP contribution is 2.39. The van der Waals surface area contributed by atoms with Crippen LogP contribution in [0.1, 0.15) is 60.8 Å². The lowest BCUT2D eigenvalue weighted by atomic mass is 9.82. The molecular weight excluding hydrogens is 344 g/mol. The maximum absolute atomic E-state index is 12.9. The molecule has 1 aliphatic carbocycles. The summed E-state index contributed by atoms with van der Waals surface area (Å²) in [5.41, 5.74) is -1.57. The minimum absolute atomic E-state index is 0.0458. The van der Waals surface area contributed by atoms with Crippen molar-refractivity contribution in [3.05, 3.63) is 23.8 Å². The Balaban J connectivity index is 3.29. The van der Waals surface area contributed by atoms with Crippen molar-refractivity contribution in [3.8, 4) is 0 Å². The maximum atomic E-state index is 12.9. The van der Waals surface area contributed by atoms with Crippen LogP contribution in [-0.4, -0.2) is 33.8 Å². The zero-order chi connectivity index (χ0) is 20.9. The van der Waals surface area contributed by atoms with E-state index in [0.717, 1.165) is 11.6 Å². The van der Waals surface area contributed by atoms with Gasteiger partial charge in [-0.15, -0.1) is 0 Å². The summed E-state index contributed by atoms with van der Waals surface area (Å²) in [6.45, 7) is 11.3. The lowest BCUT2D eigenvalue weighted by Crippen LogP contribution is -2.49. The summed E-state index contributed by atoms with van der Waals surface area (Å²) in [5.74, 6) is -5.40. The van der Waals surface area contributed by atoms with Crippen LogP contribution in [0, 0.1) is 23.7 Å². The van der Waals surface area contributed by atoms with E-state index >= 15 is 0 Å². The van der Waals surface area contributed by atoms with Gasteiger partial charge in [-0.25, -0.2) is 0 Å². The lowest BCUT2D eigenvalue weighted by molar-refractivity contribution is -0.151. The second-order valence-electron chi connectivity index (χ2n) is 8.40. The quantitative estimate of drug-likeness (QED) is 0.379. The molecule has 5 nitrogen and oxygen atoms in total. The molecule has 3 atom stereocenters. The third-order valence-corrected chi connectivity index (χ3v) is 4.83. The van der Waals surface area contributed by atoms with Gasteiger partial charge in [-0.3, -0.25) is 19.2 Å². The number of hydrogen-bond donors (Lipinski definition) is 1. The van der Waals surface area contributed by atoms with E-state index in [2.05, 4.69) is 0 Å². The Hall–Kier alpha value is -1.88. The van der Waals surface area contributed by atoms with E-state index < -0.39 is 40.6 Å². The fraction of sp³-hybridized carbons (Fsp3) is 0.636. The van der Waals surface area contributed by atoms with Gasteiger partial charge in [0, 0.05) is 6.42 Å². The summed E-state index contributed by atoms with van der Waals surface area (Å²) < 4.78 is 0. The second-order valence-corrected chi connectivity index (χ2v) is 8.40. The molecule has 2 unspecified atom stereocenters. The van der Waals surface area contributed by atoms with E-state index in [-0.39, 0.29) is 24.7 Å². The number of hydrogen-bond acceptors (Lipinski definition) is 5. The molecule has 0 spiro atoms. The summed E-state index contributed by atoms with van der Waals surface area (Å²) in [7, 11) is 0. The zero-order valence-corrected chi connectivity index (χ0v) is 17.2. The van der Waals surface area contributed by atoms with Gasteiger partial charge >= 0.3 is 0 Å². The van der Waals surface area contributed by atoms with Crippen LogP contribution in [0.25, 0.3) is 0 Å². The average molecular weight is 376 g/mol. The number of carbonyl (C=O) groups is 4. The first kappa shape index (κ1) is 23.2. The van der Waals surface area contributed by atoms with E-state index in [9.17, 15) is 24.3 Å². The Morgan fingerprint density at radius 1 is 1.15 bits per heavy atom. The van der Waals surface area contributed by atoms with Crippen LogP contribution in [-0.2, 0) is 19.2 Å². The Morgan fingerprint density at radius 3 is 2.22 bits per heavy atom. The molecule has 1 aliphatic rings. The molecule has 0 radical (unpaired) electrons. The number of allylic oxidation sites excluding steroid dienone is 3. The first-order valence-corrected chi connectivity index (χ1v) is 9.62. The monoisotopic (exact) mass is 376 g/mol. The minimum atomic E-state index is -2.47. The largest absolute Gasteiger partial charge is 0.374 e. The summed E-state index contributed by atoms with van der Waals surface area (Å²) in [6.07, 6.45) is 5.13. The predicted octanol–water partition coefficient (Wildman–Crippen LogP) is 3.24. The van der Waals surface area contributed by atoms with Crippen molar-refractivity contribution in [2.24, 2.45) is 23.7 Å². The molecule has 0 heterocycles. The van der Waals surface area contributed by atoms with Crippen LogP contribution in [0.15, 0.2) is 23.8 Å². The van der Waals surface area contributed by atoms with Crippen LogP contribution >= 0.6 is 0 Å². The van der Waals surface area contributed by atoms with Gasteiger partial charge in [0.1, 0.15) is 5.92 Å². The average Bonchev–Trinajstić information content (AvgIpc) is 2.75. The van der Waals surface area contributed by atoms with Gasteiger partial charge in [0.15, 0.2) is 28.7 Å². The molecule has 0 aromatic heterocycles. The van der Waals surface area contributed by atoms with Crippen molar-refractivity contribution in [1.29, 1.82) is 0 Å². The van der Waals surface area contributed by atoms with Crippen LogP contribution in [0.3, 0.4) is 0 Å². The fourth-order valence-corrected chi connectivity index (χ4v) is 3.15. The molecule has 27 heavy (non-hydrogen) atoms. The van der Waals surface area contributed by atoms with Crippen LogP contribution in [0.2, 0.25) is 0 Å².